The average Bonchev–Trinajstić information content (AvgIpc) is 2.06. The van der Waals surface area contributed by atoms with Crippen LogP contribution in [0.5, 0.6) is 0 Å². The SMILES string of the molecule is CC(N)(C(=O)Cl)c1ccccc1. The van der Waals surface area contributed by atoms with Gasteiger partial charge in [0.2, 0.25) is 5.24 Å². The van der Waals surface area contributed by atoms with Crippen LogP contribution in [-0.4, -0.2) is 5.24 Å². The summed E-state index contributed by atoms with van der Waals surface area (Å²) in [5.74, 6) is 0. The molecular formula is C9H10ClNO. The summed E-state index contributed by atoms with van der Waals surface area (Å²) in [7, 11) is 0. The molecule has 0 aliphatic rings. The van der Waals surface area contributed by atoms with Gasteiger partial charge < -0.3 is 5.73 Å². The summed E-state index contributed by atoms with van der Waals surface area (Å²) in [6, 6.07) is 9.05. The van der Waals surface area contributed by atoms with Gasteiger partial charge in [-0.2, -0.15) is 0 Å². The maximum Gasteiger partial charge on any atom is 0.245 e. The molecule has 2 nitrogen and oxygen atoms in total. The quantitative estimate of drug-likeness (QED) is 0.709. The fourth-order valence-electron chi connectivity index (χ4n) is 0.898. The molecule has 0 aliphatic carbocycles. The second-order valence-electron chi connectivity index (χ2n) is 2.84. The highest BCUT2D eigenvalue weighted by Gasteiger charge is 2.28. The fraction of sp³-hybridized carbons (Fsp3) is 0.222. The van der Waals surface area contributed by atoms with Gasteiger partial charge in [0, 0.05) is 0 Å². The molecule has 0 saturated carbocycles. The van der Waals surface area contributed by atoms with Crippen molar-refractivity contribution in [3.63, 3.8) is 0 Å². The third-order valence-corrected chi connectivity index (χ3v) is 2.17. The number of halogens is 1. The Morgan fingerprint density at radius 1 is 1.42 bits per heavy atom. The minimum Gasteiger partial charge on any atom is -0.314 e. The normalized spacial score (nSPS) is 15.2. The van der Waals surface area contributed by atoms with Crippen molar-refractivity contribution in [3.05, 3.63) is 35.9 Å². The van der Waals surface area contributed by atoms with Crippen molar-refractivity contribution in [3.8, 4) is 0 Å². The van der Waals surface area contributed by atoms with Gasteiger partial charge in [-0.15, -0.1) is 0 Å². The molecule has 0 spiro atoms. The van der Waals surface area contributed by atoms with Gasteiger partial charge in [0.1, 0.15) is 5.54 Å². The second-order valence-corrected chi connectivity index (χ2v) is 3.19. The van der Waals surface area contributed by atoms with Gasteiger partial charge in [0.15, 0.2) is 0 Å². The van der Waals surface area contributed by atoms with E-state index in [1.807, 2.05) is 18.2 Å². The summed E-state index contributed by atoms with van der Waals surface area (Å²) in [4.78, 5) is 10.9. The van der Waals surface area contributed by atoms with Crippen molar-refractivity contribution in [2.75, 3.05) is 0 Å². The Bertz CT molecular complexity index is 282. The Hall–Kier alpha value is -0.860. The highest BCUT2D eigenvalue weighted by Crippen LogP contribution is 2.19. The standard InChI is InChI=1S/C9H10ClNO/c1-9(11,8(10)12)7-5-3-2-4-6-7/h2-6H,11H2,1H3. The lowest BCUT2D eigenvalue weighted by molar-refractivity contribution is -0.116. The Morgan fingerprint density at radius 2 is 1.92 bits per heavy atom. The van der Waals surface area contributed by atoms with Crippen molar-refractivity contribution in [1.29, 1.82) is 0 Å². The first-order chi connectivity index (χ1) is 5.55. The first-order valence-electron chi connectivity index (χ1n) is 3.59. The molecule has 1 rings (SSSR count). The molecule has 1 atom stereocenters. The topological polar surface area (TPSA) is 43.1 Å². The van der Waals surface area contributed by atoms with Gasteiger partial charge in [-0.3, -0.25) is 4.79 Å². The van der Waals surface area contributed by atoms with Crippen molar-refractivity contribution >= 4 is 16.8 Å². The molecule has 1 aromatic carbocycles. The Balaban J connectivity index is 3.06. The van der Waals surface area contributed by atoms with Crippen LogP contribution >= 0.6 is 11.6 Å². The van der Waals surface area contributed by atoms with E-state index in [2.05, 4.69) is 0 Å². The summed E-state index contributed by atoms with van der Waals surface area (Å²) < 4.78 is 0. The maximum atomic E-state index is 10.9. The number of rotatable bonds is 2. The van der Waals surface area contributed by atoms with E-state index in [0.29, 0.717) is 0 Å². The molecular weight excluding hydrogens is 174 g/mol. The van der Waals surface area contributed by atoms with Crippen LogP contribution in [0.25, 0.3) is 0 Å². The lowest BCUT2D eigenvalue weighted by Gasteiger charge is -2.19. The van der Waals surface area contributed by atoms with Gasteiger partial charge >= 0.3 is 0 Å². The number of benzene rings is 1. The van der Waals surface area contributed by atoms with Crippen LogP contribution in [0.1, 0.15) is 12.5 Å². The van der Waals surface area contributed by atoms with Gasteiger partial charge in [0.05, 0.1) is 0 Å². The summed E-state index contributed by atoms with van der Waals surface area (Å²) >= 11 is 5.34. The van der Waals surface area contributed by atoms with E-state index in [0.717, 1.165) is 5.56 Å². The second kappa shape index (κ2) is 3.25. The van der Waals surface area contributed by atoms with Crippen LogP contribution < -0.4 is 5.73 Å². The maximum absolute atomic E-state index is 10.9. The van der Waals surface area contributed by atoms with Crippen LogP contribution in [0.4, 0.5) is 0 Å². The van der Waals surface area contributed by atoms with E-state index < -0.39 is 10.8 Å². The highest BCUT2D eigenvalue weighted by atomic mass is 35.5. The van der Waals surface area contributed by atoms with Crippen LogP contribution in [0.15, 0.2) is 30.3 Å². The average molecular weight is 184 g/mol. The zero-order valence-corrected chi connectivity index (χ0v) is 7.51. The third kappa shape index (κ3) is 1.65. The molecule has 64 valence electrons. The van der Waals surface area contributed by atoms with Crippen LogP contribution in [0.2, 0.25) is 0 Å². The number of carbonyl (C=O) groups is 1. The smallest absolute Gasteiger partial charge is 0.245 e. The minimum absolute atomic E-state index is 0.547. The van der Waals surface area contributed by atoms with E-state index in [1.165, 1.54) is 0 Å². The molecule has 3 heteroatoms. The molecule has 0 saturated heterocycles. The van der Waals surface area contributed by atoms with E-state index >= 15 is 0 Å². The van der Waals surface area contributed by atoms with Gasteiger partial charge in [-0.1, -0.05) is 30.3 Å². The Kier molecular flexibility index (Phi) is 2.50. The molecule has 1 unspecified atom stereocenters. The van der Waals surface area contributed by atoms with Gasteiger partial charge in [0.25, 0.3) is 0 Å². The first kappa shape index (κ1) is 9.23. The predicted molar refractivity (Wildman–Crippen MR) is 48.8 cm³/mol. The molecule has 0 aliphatic heterocycles. The van der Waals surface area contributed by atoms with Crippen LogP contribution in [0, 0.1) is 0 Å². The summed E-state index contributed by atoms with van der Waals surface area (Å²) in [6.45, 7) is 1.59. The lowest BCUT2D eigenvalue weighted by atomic mass is 9.95. The van der Waals surface area contributed by atoms with Crippen molar-refractivity contribution < 1.29 is 4.79 Å². The zero-order chi connectivity index (χ0) is 9.19. The Morgan fingerprint density at radius 3 is 2.33 bits per heavy atom. The zero-order valence-electron chi connectivity index (χ0n) is 6.75. The molecule has 0 bridgehead atoms. The first-order valence-corrected chi connectivity index (χ1v) is 3.97. The molecule has 1 aromatic rings. The Labute approximate surface area is 76.3 Å². The summed E-state index contributed by atoms with van der Waals surface area (Å²) in [6.07, 6.45) is 0. The molecule has 0 amide bonds. The third-order valence-electron chi connectivity index (χ3n) is 1.78. The molecule has 0 heterocycles. The van der Waals surface area contributed by atoms with E-state index in [1.54, 1.807) is 19.1 Å². The minimum atomic E-state index is -1.08. The molecule has 0 radical (unpaired) electrons. The van der Waals surface area contributed by atoms with Crippen molar-refractivity contribution in [1.82, 2.24) is 0 Å². The number of hydrogen-bond donors (Lipinski definition) is 1. The molecule has 12 heavy (non-hydrogen) atoms. The summed E-state index contributed by atoms with van der Waals surface area (Å²) in [5, 5.41) is -0.547. The molecule has 0 aromatic heterocycles. The van der Waals surface area contributed by atoms with E-state index in [9.17, 15) is 4.79 Å². The van der Waals surface area contributed by atoms with E-state index in [4.69, 9.17) is 17.3 Å². The van der Waals surface area contributed by atoms with Gasteiger partial charge in [-0.05, 0) is 24.1 Å². The number of nitrogens with two attached hydrogens (primary N) is 1. The number of hydrogen-bond acceptors (Lipinski definition) is 2. The van der Waals surface area contributed by atoms with Crippen LogP contribution in [-0.2, 0) is 10.3 Å². The highest BCUT2D eigenvalue weighted by molar-refractivity contribution is 6.65. The van der Waals surface area contributed by atoms with E-state index in [-0.39, 0.29) is 0 Å². The molecule has 0 fully saturated rings. The number of carbonyl (C=O) groups excluding carboxylic acids is 1. The summed E-state index contributed by atoms with van der Waals surface area (Å²) in [5.41, 5.74) is 5.35. The van der Waals surface area contributed by atoms with Crippen LogP contribution in [0.3, 0.4) is 0 Å². The largest absolute Gasteiger partial charge is 0.314 e. The van der Waals surface area contributed by atoms with Crippen molar-refractivity contribution in [2.45, 2.75) is 12.5 Å². The van der Waals surface area contributed by atoms with Crippen molar-refractivity contribution in [2.24, 2.45) is 5.73 Å². The molecule has 2 N–H and O–H groups in total. The fourth-order valence-corrected chi connectivity index (χ4v) is 1.01. The lowest BCUT2D eigenvalue weighted by Crippen LogP contribution is -2.38. The predicted octanol–water partition coefficient (Wildman–Crippen LogP) is 1.63. The monoisotopic (exact) mass is 183 g/mol. The van der Waals surface area contributed by atoms with Gasteiger partial charge in [-0.25, -0.2) is 0 Å².